The Labute approximate surface area is 163 Å². The summed E-state index contributed by atoms with van der Waals surface area (Å²) in [7, 11) is 0. The second kappa shape index (κ2) is 8.27. The van der Waals surface area contributed by atoms with E-state index in [2.05, 4.69) is 10.3 Å². The molecule has 0 saturated carbocycles. The first-order valence-electron chi connectivity index (χ1n) is 9.02. The van der Waals surface area contributed by atoms with Gasteiger partial charge in [-0.3, -0.25) is 0 Å². The molecular formula is C20H26N2O4S. The number of hydrogen-bond acceptors (Lipinski definition) is 6. The number of aryl methyl sites for hydroxylation is 1. The van der Waals surface area contributed by atoms with E-state index in [1.165, 1.54) is 0 Å². The van der Waals surface area contributed by atoms with Gasteiger partial charge in [0.15, 0.2) is 0 Å². The van der Waals surface area contributed by atoms with E-state index >= 15 is 0 Å². The van der Waals surface area contributed by atoms with Crippen LogP contribution >= 0.6 is 11.3 Å². The lowest BCUT2D eigenvalue weighted by Gasteiger charge is -2.23. The Hall–Kier alpha value is -2.12. The third kappa shape index (κ3) is 6.52. The van der Waals surface area contributed by atoms with E-state index in [4.69, 9.17) is 14.2 Å². The van der Waals surface area contributed by atoms with E-state index < -0.39 is 11.7 Å². The minimum absolute atomic E-state index is 0.0429. The summed E-state index contributed by atoms with van der Waals surface area (Å²) in [6.07, 6.45) is 0.304. The topological polar surface area (TPSA) is 73.0 Å². The van der Waals surface area contributed by atoms with Crippen molar-refractivity contribution in [3.05, 3.63) is 45.9 Å². The number of aromatic nitrogens is 1. The zero-order valence-corrected chi connectivity index (χ0v) is 17.0. The maximum absolute atomic E-state index is 12.1. The maximum Gasteiger partial charge on any atom is 0.407 e. The second-order valence-corrected chi connectivity index (χ2v) is 8.68. The molecule has 7 heteroatoms. The average molecular weight is 391 g/mol. The molecule has 1 aliphatic rings. The molecule has 1 aromatic heterocycles. The first kappa shape index (κ1) is 19.6. The number of hydrogen-bond donors (Lipinski definition) is 1. The van der Waals surface area contributed by atoms with E-state index in [0.29, 0.717) is 19.6 Å². The van der Waals surface area contributed by atoms with Crippen molar-refractivity contribution in [3.63, 3.8) is 0 Å². The molecule has 6 nitrogen and oxygen atoms in total. The molecular weight excluding hydrogens is 364 g/mol. The van der Waals surface area contributed by atoms with Crippen LogP contribution in [0.4, 0.5) is 4.79 Å². The number of alkyl carbamates (subject to hydrolysis) is 1. The largest absolute Gasteiger partial charge is 0.487 e. The van der Waals surface area contributed by atoms with E-state index in [1.807, 2.05) is 57.3 Å². The summed E-state index contributed by atoms with van der Waals surface area (Å²) in [4.78, 5) is 16.4. The van der Waals surface area contributed by atoms with Crippen LogP contribution in [0.5, 0.6) is 5.75 Å². The molecule has 1 aliphatic heterocycles. The van der Waals surface area contributed by atoms with Crippen LogP contribution in [0, 0.1) is 6.92 Å². The van der Waals surface area contributed by atoms with E-state index in [0.717, 1.165) is 22.0 Å². The summed E-state index contributed by atoms with van der Waals surface area (Å²) in [5.74, 6) is 0.795. The van der Waals surface area contributed by atoms with E-state index in [9.17, 15) is 4.79 Å². The zero-order valence-electron chi connectivity index (χ0n) is 16.2. The Balaban J connectivity index is 1.53. The SMILES string of the molecule is Cc1nc(COc2ccc(C[C@H](NC(=O)OC(C)(C)C)[C@@H]3CO3)cc2)cs1. The molecule has 2 heterocycles. The van der Waals surface area contributed by atoms with Gasteiger partial charge in [-0.15, -0.1) is 11.3 Å². The van der Waals surface area contributed by atoms with Gasteiger partial charge in [-0.2, -0.15) is 0 Å². The predicted molar refractivity (Wildman–Crippen MR) is 104 cm³/mol. The summed E-state index contributed by atoms with van der Waals surface area (Å²) < 4.78 is 16.5. The lowest BCUT2D eigenvalue weighted by molar-refractivity contribution is 0.0495. The van der Waals surface area contributed by atoms with Crippen molar-refractivity contribution in [1.29, 1.82) is 0 Å². The number of amides is 1. The summed E-state index contributed by atoms with van der Waals surface area (Å²) in [5, 5.41) is 5.97. The molecule has 0 unspecified atom stereocenters. The standard InChI is InChI=1S/C20H26N2O4S/c1-13-21-15(12-27-13)10-24-16-7-5-14(6-8-16)9-17(18-11-25-18)22-19(23)26-20(2,3)4/h5-8,12,17-18H,9-11H2,1-4H3,(H,22,23)/t17-,18-/m0/s1. The van der Waals surface area contributed by atoms with Crippen molar-refractivity contribution in [3.8, 4) is 5.75 Å². The third-order valence-electron chi connectivity index (χ3n) is 3.94. The van der Waals surface area contributed by atoms with Gasteiger partial charge in [-0.1, -0.05) is 12.1 Å². The number of epoxide rings is 1. The molecule has 0 aliphatic carbocycles. The van der Waals surface area contributed by atoms with Gasteiger partial charge in [0.25, 0.3) is 0 Å². The van der Waals surface area contributed by atoms with Gasteiger partial charge in [0.05, 0.1) is 23.4 Å². The molecule has 0 bridgehead atoms. The Morgan fingerprint density at radius 1 is 1.37 bits per heavy atom. The predicted octanol–water partition coefficient (Wildman–Crippen LogP) is 3.87. The van der Waals surface area contributed by atoms with E-state index in [1.54, 1.807) is 11.3 Å². The number of nitrogens with zero attached hydrogens (tertiary/aromatic N) is 1. The highest BCUT2D eigenvalue weighted by Gasteiger charge is 2.34. The van der Waals surface area contributed by atoms with Crippen molar-refractivity contribution < 1.29 is 19.0 Å². The van der Waals surface area contributed by atoms with Crippen LogP contribution in [0.15, 0.2) is 29.6 Å². The maximum atomic E-state index is 12.1. The van der Waals surface area contributed by atoms with Gasteiger partial charge in [0, 0.05) is 5.38 Å². The number of rotatable bonds is 7. The molecule has 1 aromatic carbocycles. The fourth-order valence-corrected chi connectivity index (χ4v) is 3.23. The van der Waals surface area contributed by atoms with E-state index in [-0.39, 0.29) is 12.1 Å². The smallest absolute Gasteiger partial charge is 0.407 e. The van der Waals surface area contributed by atoms with Crippen LogP contribution in [0.2, 0.25) is 0 Å². The number of carbonyl (C=O) groups is 1. The molecule has 1 amide bonds. The molecule has 146 valence electrons. The van der Waals surface area contributed by atoms with Crippen molar-refractivity contribution in [1.82, 2.24) is 10.3 Å². The Morgan fingerprint density at radius 3 is 2.63 bits per heavy atom. The Morgan fingerprint density at radius 2 is 2.07 bits per heavy atom. The fourth-order valence-electron chi connectivity index (χ4n) is 2.63. The Kier molecular flexibility index (Phi) is 6.01. The van der Waals surface area contributed by atoms with Crippen molar-refractivity contribution in [2.24, 2.45) is 0 Å². The third-order valence-corrected chi connectivity index (χ3v) is 4.76. The minimum Gasteiger partial charge on any atom is -0.487 e. The molecule has 3 rings (SSSR count). The molecule has 1 fully saturated rings. The average Bonchev–Trinajstić information content (AvgIpc) is 3.34. The summed E-state index contributed by atoms with van der Waals surface area (Å²) >= 11 is 1.62. The lowest BCUT2D eigenvalue weighted by atomic mass is 10.0. The van der Waals surface area contributed by atoms with Crippen LogP contribution in [-0.4, -0.2) is 35.4 Å². The number of carbonyl (C=O) groups excluding carboxylic acids is 1. The highest BCUT2D eigenvalue weighted by atomic mass is 32.1. The van der Waals surface area contributed by atoms with Crippen LogP contribution in [0.1, 0.15) is 37.0 Å². The molecule has 27 heavy (non-hydrogen) atoms. The van der Waals surface area contributed by atoms with Crippen LogP contribution in [-0.2, 0) is 22.5 Å². The molecule has 1 saturated heterocycles. The van der Waals surface area contributed by atoms with Crippen molar-refractivity contribution in [2.75, 3.05) is 6.61 Å². The van der Waals surface area contributed by atoms with Gasteiger partial charge in [0.2, 0.25) is 0 Å². The van der Waals surface area contributed by atoms with Crippen molar-refractivity contribution >= 4 is 17.4 Å². The molecule has 2 atom stereocenters. The van der Waals surface area contributed by atoms with Crippen LogP contribution in [0.25, 0.3) is 0 Å². The summed E-state index contributed by atoms with van der Waals surface area (Å²) in [5.41, 5.74) is 1.52. The van der Waals surface area contributed by atoms with Gasteiger partial charge >= 0.3 is 6.09 Å². The second-order valence-electron chi connectivity index (χ2n) is 7.62. The monoisotopic (exact) mass is 390 g/mol. The van der Waals surface area contributed by atoms with Crippen LogP contribution in [0.3, 0.4) is 0 Å². The molecule has 1 N–H and O–H groups in total. The summed E-state index contributed by atoms with van der Waals surface area (Å²) in [6, 6.07) is 7.78. The number of thiazole rings is 1. The van der Waals surface area contributed by atoms with Crippen LogP contribution < -0.4 is 10.1 Å². The molecule has 0 radical (unpaired) electrons. The van der Waals surface area contributed by atoms with Gasteiger partial charge < -0.3 is 19.5 Å². The fraction of sp³-hybridized carbons (Fsp3) is 0.500. The number of benzene rings is 1. The molecule has 2 aromatic rings. The Bertz CT molecular complexity index is 763. The van der Waals surface area contributed by atoms with Gasteiger partial charge in [-0.05, 0) is 51.8 Å². The highest BCUT2D eigenvalue weighted by Crippen LogP contribution is 2.21. The lowest BCUT2D eigenvalue weighted by Crippen LogP contribution is -2.43. The summed E-state index contributed by atoms with van der Waals surface area (Å²) in [6.45, 7) is 8.65. The van der Waals surface area contributed by atoms with Gasteiger partial charge in [-0.25, -0.2) is 9.78 Å². The molecule has 0 spiro atoms. The zero-order chi connectivity index (χ0) is 19.4. The quantitative estimate of drug-likeness (QED) is 0.727. The minimum atomic E-state index is -0.520. The number of ether oxygens (including phenoxy) is 3. The normalized spacial score (nSPS) is 17.3. The van der Waals surface area contributed by atoms with Crippen molar-refractivity contribution in [2.45, 2.75) is 58.5 Å². The highest BCUT2D eigenvalue weighted by molar-refractivity contribution is 7.09. The first-order chi connectivity index (χ1) is 12.8. The number of nitrogens with one attached hydrogen (secondary N) is 1. The first-order valence-corrected chi connectivity index (χ1v) is 9.90. The van der Waals surface area contributed by atoms with Gasteiger partial charge in [0.1, 0.15) is 24.1 Å².